The van der Waals surface area contributed by atoms with E-state index in [-0.39, 0.29) is 19.3 Å². The molecule has 1 amide bonds. The van der Waals surface area contributed by atoms with E-state index in [4.69, 9.17) is 28.1 Å². The molecule has 3 aromatic carbocycles. The zero-order chi connectivity index (χ0) is 27.1. The molecular weight excluding hydrogens is 502 g/mol. The molecule has 200 valence electrons. The highest BCUT2D eigenvalue weighted by molar-refractivity contribution is 5.95. The first-order chi connectivity index (χ1) is 18.9. The second kappa shape index (κ2) is 9.90. The molecule has 0 N–H and O–H groups in total. The maximum atomic E-state index is 13.8. The summed E-state index contributed by atoms with van der Waals surface area (Å²) in [6.07, 6.45) is 0.642. The second-order valence-corrected chi connectivity index (χ2v) is 9.46. The lowest BCUT2D eigenvalue weighted by molar-refractivity contribution is 0.0589. The lowest BCUT2D eigenvalue weighted by Crippen LogP contribution is -2.42. The Morgan fingerprint density at radius 2 is 1.77 bits per heavy atom. The van der Waals surface area contributed by atoms with Gasteiger partial charge in [0.2, 0.25) is 6.79 Å². The molecule has 0 fully saturated rings. The summed E-state index contributed by atoms with van der Waals surface area (Å²) >= 11 is 0. The first-order valence-corrected chi connectivity index (χ1v) is 12.6. The van der Waals surface area contributed by atoms with Crippen LogP contribution in [0.4, 0.5) is 0 Å². The van der Waals surface area contributed by atoms with Gasteiger partial charge in [-0.15, -0.1) is 0 Å². The molecule has 0 saturated heterocycles. The Morgan fingerprint density at radius 1 is 0.974 bits per heavy atom. The van der Waals surface area contributed by atoms with Crippen LogP contribution in [0.15, 0.2) is 63.8 Å². The van der Waals surface area contributed by atoms with Crippen LogP contribution in [0, 0.1) is 6.92 Å². The number of amides is 1. The fraction of sp³-hybridized carbons (Fsp3) is 0.267. The van der Waals surface area contributed by atoms with Crippen molar-refractivity contribution in [2.45, 2.75) is 19.4 Å². The maximum absolute atomic E-state index is 13.8. The Morgan fingerprint density at radius 3 is 2.59 bits per heavy atom. The van der Waals surface area contributed by atoms with Crippen LogP contribution in [0.5, 0.6) is 28.7 Å². The van der Waals surface area contributed by atoms with E-state index in [2.05, 4.69) is 0 Å². The van der Waals surface area contributed by atoms with Gasteiger partial charge in [0.05, 0.1) is 20.3 Å². The van der Waals surface area contributed by atoms with Crippen molar-refractivity contribution in [2.75, 3.05) is 34.2 Å². The van der Waals surface area contributed by atoms with Crippen LogP contribution in [0.2, 0.25) is 0 Å². The minimum atomic E-state index is -0.424. The molecule has 0 aliphatic carbocycles. The fourth-order valence-electron chi connectivity index (χ4n) is 5.22. The number of ether oxygens (including phenoxy) is 5. The molecule has 2 aliphatic heterocycles. The minimum Gasteiger partial charge on any atom is -0.493 e. The van der Waals surface area contributed by atoms with Crippen LogP contribution >= 0.6 is 0 Å². The highest BCUT2D eigenvalue weighted by Gasteiger charge is 2.34. The van der Waals surface area contributed by atoms with Gasteiger partial charge in [0.1, 0.15) is 17.9 Å². The Hall–Kier alpha value is -4.66. The zero-order valence-electron chi connectivity index (χ0n) is 21.8. The maximum Gasteiger partial charge on any atom is 0.336 e. The third-order valence-electron chi connectivity index (χ3n) is 7.21. The van der Waals surface area contributed by atoms with Gasteiger partial charge in [-0.2, -0.15) is 0 Å². The Balaban J connectivity index is 1.36. The molecule has 4 aromatic rings. The van der Waals surface area contributed by atoms with Gasteiger partial charge in [-0.25, -0.2) is 4.79 Å². The predicted octanol–water partition coefficient (Wildman–Crippen LogP) is 4.67. The number of hydrogen-bond acceptors (Lipinski definition) is 8. The van der Waals surface area contributed by atoms with Crippen molar-refractivity contribution in [3.63, 3.8) is 0 Å². The molecule has 9 nitrogen and oxygen atoms in total. The minimum absolute atomic E-state index is 0.133. The Labute approximate surface area is 224 Å². The first kappa shape index (κ1) is 24.7. The van der Waals surface area contributed by atoms with Gasteiger partial charge in [0.25, 0.3) is 5.91 Å². The number of aryl methyl sites for hydroxylation is 1. The molecule has 0 radical (unpaired) electrons. The Bertz CT molecular complexity index is 1640. The summed E-state index contributed by atoms with van der Waals surface area (Å²) in [5, 5.41) is 0.835. The number of hydrogen-bond donors (Lipinski definition) is 0. The van der Waals surface area contributed by atoms with Crippen LogP contribution in [0.25, 0.3) is 11.0 Å². The number of benzene rings is 3. The Kier molecular flexibility index (Phi) is 6.26. The molecule has 0 spiro atoms. The van der Waals surface area contributed by atoms with Crippen molar-refractivity contribution in [2.24, 2.45) is 0 Å². The molecule has 9 heteroatoms. The molecule has 1 aromatic heterocycles. The van der Waals surface area contributed by atoms with Crippen molar-refractivity contribution < 1.29 is 32.9 Å². The lowest BCUT2D eigenvalue weighted by Gasteiger charge is -2.37. The summed E-state index contributed by atoms with van der Waals surface area (Å²) < 4.78 is 33.6. The van der Waals surface area contributed by atoms with Crippen molar-refractivity contribution in [1.29, 1.82) is 0 Å². The van der Waals surface area contributed by atoms with E-state index >= 15 is 0 Å². The first-order valence-electron chi connectivity index (χ1n) is 12.6. The molecule has 0 saturated carbocycles. The van der Waals surface area contributed by atoms with Crippen LogP contribution in [-0.4, -0.2) is 45.0 Å². The van der Waals surface area contributed by atoms with Gasteiger partial charge in [0, 0.05) is 29.6 Å². The number of rotatable bonds is 6. The third-order valence-corrected chi connectivity index (χ3v) is 7.21. The average Bonchev–Trinajstić information content (AvgIpc) is 3.42. The third kappa shape index (κ3) is 4.50. The summed E-state index contributed by atoms with van der Waals surface area (Å²) in [6.45, 7) is 2.64. The van der Waals surface area contributed by atoms with E-state index in [1.54, 1.807) is 43.4 Å². The van der Waals surface area contributed by atoms with Crippen LogP contribution in [0.3, 0.4) is 0 Å². The predicted molar refractivity (Wildman–Crippen MR) is 142 cm³/mol. The van der Waals surface area contributed by atoms with Crippen LogP contribution in [0.1, 0.15) is 33.1 Å². The number of fused-ring (bicyclic) bond motifs is 3. The molecule has 39 heavy (non-hydrogen) atoms. The smallest absolute Gasteiger partial charge is 0.336 e. The van der Waals surface area contributed by atoms with Gasteiger partial charge < -0.3 is 33.0 Å². The van der Waals surface area contributed by atoms with Crippen molar-refractivity contribution in [1.82, 2.24) is 4.90 Å². The molecule has 1 atom stereocenters. The summed E-state index contributed by atoms with van der Waals surface area (Å²) in [5.74, 6) is 2.74. The van der Waals surface area contributed by atoms with Crippen molar-refractivity contribution in [3.05, 3.63) is 87.3 Å². The summed E-state index contributed by atoms with van der Waals surface area (Å²) in [7, 11) is 3.18. The van der Waals surface area contributed by atoms with Crippen LogP contribution in [-0.2, 0) is 6.42 Å². The summed E-state index contributed by atoms with van der Waals surface area (Å²) in [6, 6.07) is 15.5. The van der Waals surface area contributed by atoms with Gasteiger partial charge in [-0.3, -0.25) is 4.79 Å². The highest BCUT2D eigenvalue weighted by atomic mass is 16.7. The van der Waals surface area contributed by atoms with Gasteiger partial charge >= 0.3 is 5.63 Å². The zero-order valence-corrected chi connectivity index (χ0v) is 21.8. The van der Waals surface area contributed by atoms with E-state index < -0.39 is 11.7 Å². The molecule has 6 rings (SSSR count). The lowest BCUT2D eigenvalue weighted by atomic mass is 9.91. The number of methoxy groups -OCH3 is 2. The fourth-order valence-corrected chi connectivity index (χ4v) is 5.22. The normalized spacial score (nSPS) is 15.7. The largest absolute Gasteiger partial charge is 0.493 e. The molecule has 3 heterocycles. The topological polar surface area (TPSA) is 96.7 Å². The average molecular weight is 530 g/mol. The standard InChI is InChI=1S/C30H27NO8/c1-17-10-29(32)39-25-13-20(5-6-21(17)25)36-15-23-22-14-27(35-3)26(34-2)11-18(22)8-9-31(23)30(33)19-4-7-24-28(12-19)38-16-37-24/h4-7,10-14,23H,8-9,15-16H2,1-3H3/t23-/m0/s1. The summed E-state index contributed by atoms with van der Waals surface area (Å²) in [5.41, 5.74) is 3.32. The van der Waals surface area contributed by atoms with Crippen molar-refractivity contribution >= 4 is 16.9 Å². The second-order valence-electron chi connectivity index (χ2n) is 9.46. The molecule has 0 unspecified atom stereocenters. The van der Waals surface area contributed by atoms with E-state index in [9.17, 15) is 9.59 Å². The van der Waals surface area contributed by atoms with Crippen LogP contribution < -0.4 is 29.3 Å². The summed E-state index contributed by atoms with van der Waals surface area (Å²) in [4.78, 5) is 27.5. The van der Waals surface area contributed by atoms with E-state index in [0.717, 1.165) is 22.1 Å². The monoisotopic (exact) mass is 529 g/mol. The van der Waals surface area contributed by atoms with E-state index in [1.165, 1.54) is 6.07 Å². The number of carbonyl (C=O) groups excluding carboxylic acids is 1. The SMILES string of the molecule is COc1cc2c(cc1OC)[C@H](COc1ccc3c(C)cc(=O)oc3c1)N(C(=O)c1ccc3c(c1)OCO3)CC2. The molecule has 2 aliphatic rings. The quantitative estimate of drug-likeness (QED) is 0.333. The van der Waals surface area contributed by atoms with Crippen molar-refractivity contribution in [3.8, 4) is 28.7 Å². The number of nitrogens with zero attached hydrogens (tertiary/aromatic N) is 1. The van der Waals surface area contributed by atoms with Gasteiger partial charge in [-0.1, -0.05) is 0 Å². The van der Waals surface area contributed by atoms with E-state index in [1.807, 2.05) is 31.2 Å². The molecule has 0 bridgehead atoms. The highest BCUT2D eigenvalue weighted by Crippen LogP contribution is 2.40. The van der Waals surface area contributed by atoms with Gasteiger partial charge in [-0.05, 0) is 72.5 Å². The molecular formula is C30H27NO8. The number of carbonyl (C=O) groups is 1. The van der Waals surface area contributed by atoms with E-state index in [0.29, 0.717) is 52.9 Å². The van der Waals surface area contributed by atoms with Gasteiger partial charge in [0.15, 0.2) is 23.0 Å².